The molecule has 8 atom stereocenters. The molecule has 0 spiro atoms. The lowest BCUT2D eigenvalue weighted by Gasteiger charge is -2.46. The maximum absolute atomic E-state index is 14.7. The molecule has 8 N–H and O–H groups in total. The molecule has 0 saturated carbocycles. The summed E-state index contributed by atoms with van der Waals surface area (Å²) in [6.45, 7) is 9.59. The third-order valence-corrected chi connectivity index (χ3v) is 29.4. The zero-order valence-electron chi connectivity index (χ0n) is 75.4. The summed E-state index contributed by atoms with van der Waals surface area (Å²) in [6.07, 6.45) is -3.99. The molecule has 139 heavy (non-hydrogen) atoms. The maximum Gasteiger partial charge on any atom is 0.420 e. The van der Waals surface area contributed by atoms with Gasteiger partial charge in [0, 0.05) is 69.4 Å². The normalized spacial score (nSPS) is 22.7. The number of fused-ring (bicyclic) bond motifs is 5. The van der Waals surface area contributed by atoms with Crippen LogP contribution >= 0.6 is 46.2 Å². The Labute approximate surface area is 811 Å². The summed E-state index contributed by atoms with van der Waals surface area (Å²) < 4.78 is 152. The number of amides is 4. The van der Waals surface area contributed by atoms with Crippen LogP contribution in [-0.4, -0.2) is 213 Å². The maximum atomic E-state index is 14.7. The Morgan fingerprint density at radius 3 is 1.21 bits per heavy atom. The average molecular weight is 1980 g/mol. The fourth-order valence-electron chi connectivity index (χ4n) is 21.1. The van der Waals surface area contributed by atoms with Crippen molar-refractivity contribution in [2.45, 2.75) is 98.9 Å². The highest BCUT2D eigenvalue weighted by molar-refractivity contribution is 7.05. The number of halogens is 10. The molecule has 4 unspecified atom stereocenters. The lowest BCUT2D eigenvalue weighted by Crippen LogP contribution is -2.96. The number of piperazine rings is 4. The van der Waals surface area contributed by atoms with Crippen molar-refractivity contribution < 1.29 is 89.1 Å². The van der Waals surface area contributed by atoms with Gasteiger partial charge in [-0.3, -0.25) is 24.1 Å². The van der Waals surface area contributed by atoms with Gasteiger partial charge in [0.05, 0.1) is 32.8 Å². The Bertz CT molecular complexity index is 6730. The van der Waals surface area contributed by atoms with Crippen molar-refractivity contribution in [3.8, 4) is 0 Å². The van der Waals surface area contributed by atoms with E-state index in [0.29, 0.717) is 103 Å². The quantitative estimate of drug-likeness (QED) is 0.0487. The van der Waals surface area contributed by atoms with Crippen molar-refractivity contribution in [1.82, 2.24) is 72.3 Å². The number of hydrogen-bond acceptors (Lipinski definition) is 20. The number of nitrogens with two attached hydrogens (primary N) is 4. The molecule has 0 bridgehead atoms. The van der Waals surface area contributed by atoms with E-state index in [4.69, 9.17) is 35.1 Å². The zero-order chi connectivity index (χ0) is 96.5. The highest BCUT2D eigenvalue weighted by Crippen LogP contribution is 2.47. The minimum absolute atomic E-state index is 0.0158. The van der Waals surface area contributed by atoms with E-state index < -0.39 is 69.4 Å². The number of quaternary nitrogens is 4. The first-order valence-electron chi connectivity index (χ1n) is 45.5. The van der Waals surface area contributed by atoms with Crippen molar-refractivity contribution >= 4 is 80.9 Å². The molecule has 22 rings (SSSR count). The van der Waals surface area contributed by atoms with Gasteiger partial charge in [0.1, 0.15) is 144 Å². The van der Waals surface area contributed by atoms with Gasteiger partial charge < -0.3 is 50.0 Å². The van der Waals surface area contributed by atoms with Gasteiger partial charge in [-0.05, 0) is 158 Å². The van der Waals surface area contributed by atoms with Crippen LogP contribution < -0.4 is 21.3 Å². The number of carbonyl (C=O) groups excluding carboxylic acids is 4. The predicted molar refractivity (Wildman–Crippen MR) is 499 cm³/mol. The molecule has 10 aromatic carbocycles. The van der Waals surface area contributed by atoms with Gasteiger partial charge >= 0.3 is 6.18 Å². The Kier molecular flexibility index (Phi) is 27.7. The predicted octanol–water partition coefficient (Wildman–Crippen LogP) is 10.0. The number of ether oxygens (including phenoxy) is 1. The molecule has 0 aliphatic carbocycles. The number of alkyl halides is 3. The highest BCUT2D eigenvalue weighted by Gasteiger charge is 2.62. The number of nitrogens with zero attached hydrogens (tertiary/aromatic N) is 15. The van der Waals surface area contributed by atoms with Crippen LogP contribution in [0.5, 0.6) is 0 Å². The van der Waals surface area contributed by atoms with Crippen molar-refractivity contribution in [1.29, 1.82) is 0 Å². The summed E-state index contributed by atoms with van der Waals surface area (Å²) in [7, 11) is 1.74. The average Bonchev–Trinajstić information content (AvgIpc) is 1.58. The summed E-state index contributed by atoms with van der Waals surface area (Å²) in [5.41, 5.74) is 3.12. The third-order valence-electron chi connectivity index (χ3n) is 27.2. The monoisotopic (exact) mass is 1970 g/mol. The number of oxazole rings is 1. The minimum atomic E-state index is -4.71. The molecule has 8 aliphatic heterocycles. The van der Waals surface area contributed by atoms with Crippen molar-refractivity contribution in [3.63, 3.8) is 0 Å². The first kappa shape index (κ1) is 95.4. The van der Waals surface area contributed by atoms with Crippen LogP contribution in [0, 0.1) is 41.8 Å². The second kappa shape index (κ2) is 40.4. The first-order chi connectivity index (χ1) is 67.2. The van der Waals surface area contributed by atoms with E-state index >= 15 is 0 Å². The van der Waals surface area contributed by atoms with Crippen molar-refractivity contribution in [3.05, 3.63) is 383 Å². The molecule has 8 fully saturated rings. The number of benzene rings is 10. The van der Waals surface area contributed by atoms with E-state index in [2.05, 4.69) is 93.0 Å². The van der Waals surface area contributed by atoms with Crippen molar-refractivity contribution in [2.24, 2.45) is 0 Å². The smallest absolute Gasteiger partial charge is 0.420 e. The van der Waals surface area contributed by atoms with Crippen LogP contribution in [0.4, 0.5) is 39.5 Å². The molecule has 4 aromatic heterocycles. The SMILES string of the molecule is COC[C@]1(c2ccccc2)C[NH2+]CC2N(Cc3ccccc3)C(=O)CN21.Cc1nc([C@]2(c3cc(F)cc(F)c3)C[NH2+]CC3N(Cc4ccccc4)C(=O)CN32)ns1.O=C1CN2C(C[NH2+]C[C@@]2(c2cc(F)cc(F)c2)c2nsc(Cc3cccc(Cl)c3)n2)N1Cc1cc(C(F)(F)F)c2ocnc2c1.O=C1CN2C(C[NH2+]C[C@@]2(c2ccccc2)c2nsc(Cc3cc(F)cc(F)c3)n2)N1Cc1ccccc1. The first-order valence-corrected chi connectivity index (χ1v) is 48.2. The molecular weight excluding hydrogens is 1880 g/mol. The molecule has 12 heterocycles. The molecule has 8 aliphatic rings. The zero-order valence-corrected chi connectivity index (χ0v) is 78.6. The van der Waals surface area contributed by atoms with Gasteiger partial charge in [0.2, 0.25) is 23.6 Å². The van der Waals surface area contributed by atoms with Crippen LogP contribution in [0.1, 0.15) is 93.7 Å². The molecule has 25 nitrogen and oxygen atoms in total. The van der Waals surface area contributed by atoms with E-state index in [-0.39, 0.29) is 115 Å². The number of carbonyl (C=O) groups is 4. The molecule has 8 saturated heterocycles. The Morgan fingerprint density at radius 1 is 0.410 bits per heavy atom. The molecule has 38 heteroatoms. The van der Waals surface area contributed by atoms with E-state index in [1.54, 1.807) is 18.1 Å². The molecule has 4 amide bonds. The minimum Gasteiger partial charge on any atom is -0.443 e. The summed E-state index contributed by atoms with van der Waals surface area (Å²) in [6, 6.07) is 70.5. The summed E-state index contributed by atoms with van der Waals surface area (Å²) >= 11 is 9.78. The van der Waals surface area contributed by atoms with E-state index in [1.165, 1.54) is 81.6 Å². The number of rotatable bonds is 21. The van der Waals surface area contributed by atoms with E-state index in [0.717, 1.165) is 89.1 Å². The Morgan fingerprint density at radius 2 is 0.784 bits per heavy atom. The number of aromatic nitrogens is 7. The topological polar surface area (TPSA) is 273 Å². The van der Waals surface area contributed by atoms with Crippen LogP contribution in [-0.2, 0) is 91.3 Å². The van der Waals surface area contributed by atoms with E-state index in [9.17, 15) is 58.7 Å². The molecular formula is C101H97ClF9N19O6S3+4. The summed E-state index contributed by atoms with van der Waals surface area (Å²) in [5, 5.41) is 11.2. The fourth-order valence-corrected chi connectivity index (χ4v) is 23.3. The second-order valence-corrected chi connectivity index (χ2v) is 38.8. The van der Waals surface area contributed by atoms with Gasteiger partial charge in [-0.15, -0.1) is 0 Å². The van der Waals surface area contributed by atoms with E-state index in [1.807, 2.05) is 153 Å². The lowest BCUT2D eigenvalue weighted by molar-refractivity contribution is -0.686. The summed E-state index contributed by atoms with van der Waals surface area (Å²) in [5.74, 6) is -2.87. The number of methoxy groups -OCH3 is 1. The van der Waals surface area contributed by atoms with Gasteiger partial charge in [0.15, 0.2) is 46.1 Å². The van der Waals surface area contributed by atoms with Gasteiger partial charge in [0.25, 0.3) is 0 Å². The standard InChI is InChI=1S/C30H22ClF5N6O2S.C28H25F2N5OS.C22H21F2N5OS.C21H25N3O2/c31-19-3-1-2-16(4-19)7-24-39-28(40-45-24)29(18-8-20(32)10-21(33)9-18)14-37-11-25-41(26(43)13-42(25)29)12-17-5-22(30(34,35)36)27-23(6-17)38-15-44-27;29-22-11-20(12-23(30)14-22)13-24-32-27(33-37-24)28(21-9-5-2-6-10-21)18-31-15-25-34(26(36)17-35(25)28)16-19-7-3-1-4-8-19;1-14-26-21(27-31-14)22(16-7-17(23)9-18(24)8-16)13-25-10-19-28(20(30)12-29(19)22)11-15-5-3-2-4-6-15;1-26-16-21(18-10-6-3-7-11-18)15-22-12-19-23(20(25)14-24(19)21)13-17-8-4-2-5-9-17/h1-6,8-10,15,25,37H,7,11-14H2;1-12,14,25,31H,13,15-18H2;2-9,19,25H,10-13H2,1H3;2-11,19,22H,12-16H2,1H3/p+4/t25?,29-;25?,28-;19?,22-;19?,21-/m1110/s1. The number of aryl methyl sites for hydroxylation is 1. The molecule has 0 radical (unpaired) electrons. The Balaban J connectivity index is 0.000000120. The lowest BCUT2D eigenvalue weighted by atomic mass is 9.84. The molecule has 14 aromatic rings. The van der Waals surface area contributed by atoms with Crippen LogP contribution in [0.3, 0.4) is 0 Å². The van der Waals surface area contributed by atoms with Crippen molar-refractivity contribution in [2.75, 3.05) is 92.3 Å². The van der Waals surface area contributed by atoms with Gasteiger partial charge in [-0.2, -0.15) is 26.3 Å². The van der Waals surface area contributed by atoms with Crippen LogP contribution in [0.15, 0.2) is 253 Å². The van der Waals surface area contributed by atoms with Crippen LogP contribution in [0.2, 0.25) is 5.02 Å². The third kappa shape index (κ3) is 19.4. The summed E-state index contributed by atoms with van der Waals surface area (Å²) in [4.78, 5) is 86.9. The van der Waals surface area contributed by atoms with Gasteiger partial charge in [-0.25, -0.2) is 61.0 Å². The Hall–Kier alpha value is -12.5. The fraction of sp³-hybridized carbons (Fsp3) is 0.297. The van der Waals surface area contributed by atoms with Crippen LogP contribution in [0.25, 0.3) is 11.1 Å². The largest absolute Gasteiger partial charge is 0.443 e. The number of hydrogen-bond donors (Lipinski definition) is 4. The molecule has 716 valence electrons. The highest BCUT2D eigenvalue weighted by atomic mass is 35.5. The van der Waals surface area contributed by atoms with Gasteiger partial charge in [-0.1, -0.05) is 175 Å². The second-order valence-electron chi connectivity index (χ2n) is 35.7.